The van der Waals surface area contributed by atoms with Gasteiger partial charge >= 0.3 is 13.5 Å². The minimum Gasteiger partial charge on any atom is -0.406 e. The summed E-state index contributed by atoms with van der Waals surface area (Å²) < 4.78 is 54.1. The Morgan fingerprint density at radius 2 is 1.59 bits per heavy atom. The maximum absolute atomic E-state index is 12.7. The van der Waals surface area contributed by atoms with Crippen LogP contribution in [0.15, 0.2) is 18.2 Å². The molecule has 0 radical (unpaired) electrons. The fraction of sp³-hybridized carbons (Fsp3) is 0.611. The van der Waals surface area contributed by atoms with Crippen molar-refractivity contribution in [2.45, 2.75) is 59.1 Å². The van der Waals surface area contributed by atoms with E-state index in [2.05, 4.69) is 4.74 Å². The van der Waals surface area contributed by atoms with E-state index in [1.54, 1.807) is 13.8 Å². The topological polar surface area (TPSA) is 48.0 Å². The number of carbonyl (C=O) groups excluding carboxylic acids is 1. The molecule has 1 saturated heterocycles. The molecular weight excluding hydrogens is 362 g/mol. The number of halogens is 3. The number of alkyl halides is 3. The number of amides is 1. The average molecular weight is 387 g/mol. The highest BCUT2D eigenvalue weighted by atomic mass is 19.4. The molecular formula is C18H25BF3NO4. The van der Waals surface area contributed by atoms with Gasteiger partial charge in [0.2, 0.25) is 0 Å². The van der Waals surface area contributed by atoms with Crippen molar-refractivity contribution in [3.05, 3.63) is 23.8 Å². The van der Waals surface area contributed by atoms with Crippen LogP contribution in [0.2, 0.25) is 0 Å². The van der Waals surface area contributed by atoms with E-state index in [4.69, 9.17) is 9.31 Å². The molecule has 27 heavy (non-hydrogen) atoms. The van der Waals surface area contributed by atoms with Crippen molar-refractivity contribution in [2.24, 2.45) is 0 Å². The predicted octanol–water partition coefficient (Wildman–Crippen LogP) is 3.37. The second kappa shape index (κ2) is 7.35. The molecule has 2 rings (SSSR count). The molecule has 0 N–H and O–H groups in total. The van der Waals surface area contributed by atoms with Crippen LogP contribution in [0, 0.1) is 0 Å². The fourth-order valence-corrected chi connectivity index (χ4v) is 2.75. The molecule has 5 nitrogen and oxygen atoms in total. The number of benzene rings is 1. The van der Waals surface area contributed by atoms with E-state index in [-0.39, 0.29) is 11.5 Å². The molecule has 0 unspecified atom stereocenters. The zero-order chi connectivity index (χ0) is 20.6. The molecule has 0 aromatic heterocycles. The van der Waals surface area contributed by atoms with Gasteiger partial charge in [-0.15, -0.1) is 13.2 Å². The molecule has 9 heteroatoms. The lowest BCUT2D eigenvalue weighted by Gasteiger charge is -2.32. The van der Waals surface area contributed by atoms with Crippen molar-refractivity contribution >= 4 is 18.5 Å². The Labute approximate surface area is 157 Å². The van der Waals surface area contributed by atoms with Crippen LogP contribution in [0.4, 0.5) is 13.2 Å². The first kappa shape index (κ1) is 21.6. The Kier molecular flexibility index (Phi) is 5.87. The highest BCUT2D eigenvalue weighted by molar-refractivity contribution is 6.62. The lowest BCUT2D eigenvalue weighted by atomic mass is 9.78. The van der Waals surface area contributed by atoms with Gasteiger partial charge in [0, 0.05) is 18.7 Å². The summed E-state index contributed by atoms with van der Waals surface area (Å²) in [6.45, 7) is 11.8. The molecule has 1 fully saturated rings. The van der Waals surface area contributed by atoms with Crippen LogP contribution >= 0.6 is 0 Å². The third-order valence-electron chi connectivity index (χ3n) is 4.99. The Hall–Kier alpha value is -1.74. The Balaban J connectivity index is 2.46. The van der Waals surface area contributed by atoms with Crippen molar-refractivity contribution < 1.29 is 32.0 Å². The summed E-state index contributed by atoms with van der Waals surface area (Å²) in [5.74, 6) is -0.865. The van der Waals surface area contributed by atoms with Gasteiger partial charge in [-0.05, 0) is 65.2 Å². The van der Waals surface area contributed by atoms with Gasteiger partial charge in [0.1, 0.15) is 5.75 Å². The number of hydrogen-bond acceptors (Lipinski definition) is 4. The molecule has 1 aromatic rings. The summed E-state index contributed by atoms with van der Waals surface area (Å²) in [6.07, 6.45) is -4.87. The first-order chi connectivity index (χ1) is 12.3. The third kappa shape index (κ3) is 4.76. The minimum atomic E-state index is -4.87. The van der Waals surface area contributed by atoms with Crippen LogP contribution in [-0.2, 0) is 9.31 Å². The number of ether oxygens (including phenoxy) is 1. The van der Waals surface area contributed by atoms with Gasteiger partial charge in [-0.1, -0.05) is 0 Å². The minimum absolute atomic E-state index is 0.0881. The Morgan fingerprint density at radius 1 is 1.07 bits per heavy atom. The average Bonchev–Trinajstić information content (AvgIpc) is 2.74. The van der Waals surface area contributed by atoms with Crippen LogP contribution < -0.4 is 10.2 Å². The zero-order valence-electron chi connectivity index (χ0n) is 16.4. The van der Waals surface area contributed by atoms with Gasteiger partial charge in [-0.2, -0.15) is 0 Å². The van der Waals surface area contributed by atoms with Gasteiger partial charge in [-0.25, -0.2) is 0 Å². The molecule has 1 heterocycles. The standard InChI is InChI=1S/C18H25BF3NO4/c1-7-23(8-2)15(24)12-9-13(11-14(10-12)25-18(20,21)22)19-26-16(3,4)17(5,6)27-19/h9-11H,7-8H2,1-6H3. The summed E-state index contributed by atoms with van der Waals surface area (Å²) in [6, 6.07) is 3.77. The second-order valence-electron chi connectivity index (χ2n) is 7.40. The SMILES string of the molecule is CCN(CC)C(=O)c1cc(OC(F)(F)F)cc(B2OC(C)(C)C(C)(C)O2)c1. The lowest BCUT2D eigenvalue weighted by molar-refractivity contribution is -0.274. The summed E-state index contributed by atoms with van der Waals surface area (Å²) in [5, 5.41) is 0. The maximum atomic E-state index is 12.7. The molecule has 150 valence electrons. The zero-order valence-corrected chi connectivity index (χ0v) is 16.4. The first-order valence-corrected chi connectivity index (χ1v) is 8.85. The lowest BCUT2D eigenvalue weighted by Crippen LogP contribution is -2.41. The first-order valence-electron chi connectivity index (χ1n) is 8.85. The molecule has 0 aliphatic carbocycles. The smallest absolute Gasteiger partial charge is 0.406 e. The van der Waals surface area contributed by atoms with E-state index in [1.807, 2.05) is 27.7 Å². The van der Waals surface area contributed by atoms with Gasteiger partial charge in [0.05, 0.1) is 11.2 Å². The van der Waals surface area contributed by atoms with E-state index in [9.17, 15) is 18.0 Å². The predicted molar refractivity (Wildman–Crippen MR) is 96.1 cm³/mol. The van der Waals surface area contributed by atoms with Gasteiger partial charge in [0.25, 0.3) is 5.91 Å². The highest BCUT2D eigenvalue weighted by Crippen LogP contribution is 2.37. The van der Waals surface area contributed by atoms with Crippen LogP contribution in [0.25, 0.3) is 0 Å². The third-order valence-corrected chi connectivity index (χ3v) is 4.99. The quantitative estimate of drug-likeness (QED) is 0.727. The van der Waals surface area contributed by atoms with Crippen molar-refractivity contribution in [3.63, 3.8) is 0 Å². The van der Waals surface area contributed by atoms with Crippen molar-refractivity contribution in [1.29, 1.82) is 0 Å². The van der Waals surface area contributed by atoms with E-state index in [0.717, 1.165) is 6.07 Å². The maximum Gasteiger partial charge on any atom is 0.573 e. The number of nitrogens with zero attached hydrogens (tertiary/aromatic N) is 1. The normalized spacial score (nSPS) is 18.5. The molecule has 1 aliphatic heterocycles. The van der Waals surface area contributed by atoms with E-state index in [0.29, 0.717) is 18.6 Å². The summed E-state index contributed by atoms with van der Waals surface area (Å²) >= 11 is 0. The second-order valence-corrected chi connectivity index (χ2v) is 7.40. The van der Waals surface area contributed by atoms with E-state index >= 15 is 0 Å². The van der Waals surface area contributed by atoms with Crippen LogP contribution in [0.3, 0.4) is 0 Å². The Bertz CT molecular complexity index is 686. The van der Waals surface area contributed by atoms with E-state index < -0.39 is 30.4 Å². The summed E-state index contributed by atoms with van der Waals surface area (Å²) in [7, 11) is -0.907. The van der Waals surface area contributed by atoms with Crippen molar-refractivity contribution in [1.82, 2.24) is 4.90 Å². The number of carbonyl (C=O) groups is 1. The number of rotatable bonds is 5. The molecule has 1 amide bonds. The molecule has 0 atom stereocenters. The summed E-state index contributed by atoms with van der Waals surface area (Å²) in [4.78, 5) is 14.2. The fourth-order valence-electron chi connectivity index (χ4n) is 2.75. The molecule has 0 saturated carbocycles. The molecule has 1 aliphatic rings. The van der Waals surface area contributed by atoms with Crippen LogP contribution in [0.1, 0.15) is 51.9 Å². The van der Waals surface area contributed by atoms with Crippen molar-refractivity contribution in [2.75, 3.05) is 13.1 Å². The molecule has 0 bridgehead atoms. The highest BCUT2D eigenvalue weighted by Gasteiger charge is 2.52. The number of hydrogen-bond donors (Lipinski definition) is 0. The summed E-state index contributed by atoms with van der Waals surface area (Å²) in [5.41, 5.74) is -0.945. The van der Waals surface area contributed by atoms with E-state index in [1.165, 1.54) is 17.0 Å². The van der Waals surface area contributed by atoms with Crippen LogP contribution in [-0.4, -0.2) is 48.6 Å². The largest absolute Gasteiger partial charge is 0.573 e. The van der Waals surface area contributed by atoms with Crippen molar-refractivity contribution in [3.8, 4) is 5.75 Å². The van der Waals surface area contributed by atoms with Gasteiger partial charge in [0.15, 0.2) is 0 Å². The van der Waals surface area contributed by atoms with Crippen LogP contribution in [0.5, 0.6) is 5.75 Å². The van der Waals surface area contributed by atoms with Gasteiger partial charge < -0.3 is 18.9 Å². The monoisotopic (exact) mass is 387 g/mol. The van der Waals surface area contributed by atoms with Gasteiger partial charge in [-0.3, -0.25) is 4.79 Å². The molecule has 1 aromatic carbocycles. The molecule has 0 spiro atoms. The Morgan fingerprint density at radius 3 is 2.04 bits per heavy atom.